The molecule has 0 unspecified atom stereocenters. The maximum Gasteiger partial charge on any atom is 0.271 e. The molecule has 25 heavy (non-hydrogen) atoms. The summed E-state index contributed by atoms with van der Waals surface area (Å²) in [5, 5.41) is 3.97. The summed E-state index contributed by atoms with van der Waals surface area (Å²) in [6.45, 7) is 6.41. The number of carbonyl (C=O) groups excluding carboxylic acids is 1. The van der Waals surface area contributed by atoms with Crippen molar-refractivity contribution in [2.45, 2.75) is 26.2 Å². The Morgan fingerprint density at radius 2 is 1.72 bits per heavy atom. The Kier molecular flexibility index (Phi) is 4.57. The molecule has 1 N–H and O–H groups in total. The van der Waals surface area contributed by atoms with Gasteiger partial charge in [0.2, 0.25) is 0 Å². The first kappa shape index (κ1) is 16.8. The third-order valence-electron chi connectivity index (χ3n) is 3.84. The lowest BCUT2D eigenvalue weighted by molar-refractivity contribution is 0.0955. The predicted octanol–water partition coefficient (Wildman–Crippen LogP) is 3.69. The molecule has 5 nitrogen and oxygen atoms in total. The van der Waals surface area contributed by atoms with Crippen LogP contribution in [0, 0.1) is 0 Å². The molecular formula is C20H20N4O. The van der Waals surface area contributed by atoms with E-state index in [4.69, 9.17) is 0 Å². The van der Waals surface area contributed by atoms with Crippen LogP contribution in [-0.4, -0.2) is 22.1 Å². The van der Waals surface area contributed by atoms with Gasteiger partial charge in [-0.25, -0.2) is 10.4 Å². The zero-order valence-electron chi connectivity index (χ0n) is 14.5. The van der Waals surface area contributed by atoms with Gasteiger partial charge in [-0.15, -0.1) is 0 Å². The maximum absolute atomic E-state index is 12.1. The number of fused-ring (bicyclic) bond motifs is 1. The number of hydrogen-bond acceptors (Lipinski definition) is 4. The normalized spacial score (nSPS) is 11.8. The summed E-state index contributed by atoms with van der Waals surface area (Å²) in [5.41, 5.74) is 6.51. The van der Waals surface area contributed by atoms with Crippen molar-refractivity contribution >= 4 is 23.2 Å². The molecule has 3 aromatic rings. The molecule has 5 heteroatoms. The van der Waals surface area contributed by atoms with Gasteiger partial charge in [-0.2, -0.15) is 5.10 Å². The molecule has 2 aromatic carbocycles. The maximum atomic E-state index is 12.1. The number of rotatable bonds is 3. The summed E-state index contributed by atoms with van der Waals surface area (Å²) in [6.07, 6.45) is 3.11. The second-order valence-corrected chi connectivity index (χ2v) is 6.81. The van der Waals surface area contributed by atoms with E-state index in [2.05, 4.69) is 41.3 Å². The second-order valence-electron chi connectivity index (χ2n) is 6.81. The Balaban J connectivity index is 1.67. The summed E-state index contributed by atoms with van der Waals surface area (Å²) in [7, 11) is 0. The van der Waals surface area contributed by atoms with Gasteiger partial charge in [0.15, 0.2) is 0 Å². The fourth-order valence-corrected chi connectivity index (χ4v) is 2.38. The van der Waals surface area contributed by atoms with Crippen molar-refractivity contribution in [2.75, 3.05) is 0 Å². The number of hydrogen-bond donors (Lipinski definition) is 1. The highest BCUT2D eigenvalue weighted by molar-refractivity contribution is 5.94. The van der Waals surface area contributed by atoms with Crippen molar-refractivity contribution in [1.82, 2.24) is 15.4 Å². The lowest BCUT2D eigenvalue weighted by Crippen LogP contribution is -2.18. The number of para-hydroxylation sites is 2. The van der Waals surface area contributed by atoms with Gasteiger partial charge in [0.25, 0.3) is 5.91 Å². The quantitative estimate of drug-likeness (QED) is 0.587. The highest BCUT2D eigenvalue weighted by atomic mass is 16.2. The summed E-state index contributed by atoms with van der Waals surface area (Å²) < 4.78 is 0. The topological polar surface area (TPSA) is 67.2 Å². The second kappa shape index (κ2) is 6.81. The SMILES string of the molecule is CC(C)(C)c1ccc(C(=O)N/N=C\c2cnc3ccccc3n2)cc1. The van der Waals surface area contributed by atoms with E-state index in [9.17, 15) is 4.79 Å². The molecule has 0 spiro atoms. The Hall–Kier alpha value is -3.08. The van der Waals surface area contributed by atoms with Crippen LogP contribution in [0.1, 0.15) is 42.4 Å². The minimum Gasteiger partial charge on any atom is -0.267 e. The number of hydrazone groups is 1. The molecule has 0 aliphatic rings. The van der Waals surface area contributed by atoms with Crippen molar-refractivity contribution in [3.05, 3.63) is 71.5 Å². The van der Waals surface area contributed by atoms with Crippen LogP contribution in [0.4, 0.5) is 0 Å². The number of nitrogens with zero attached hydrogens (tertiary/aromatic N) is 3. The molecular weight excluding hydrogens is 312 g/mol. The number of aromatic nitrogens is 2. The van der Waals surface area contributed by atoms with Crippen molar-refractivity contribution in [1.29, 1.82) is 0 Å². The van der Waals surface area contributed by atoms with E-state index in [1.807, 2.05) is 36.4 Å². The van der Waals surface area contributed by atoms with Gasteiger partial charge in [-0.05, 0) is 35.2 Å². The minimum absolute atomic E-state index is 0.0575. The zero-order valence-corrected chi connectivity index (χ0v) is 14.5. The van der Waals surface area contributed by atoms with Gasteiger partial charge in [-0.3, -0.25) is 9.78 Å². The fourth-order valence-electron chi connectivity index (χ4n) is 2.38. The molecule has 126 valence electrons. The number of carbonyl (C=O) groups is 1. The lowest BCUT2D eigenvalue weighted by Gasteiger charge is -2.18. The van der Waals surface area contributed by atoms with E-state index >= 15 is 0 Å². The van der Waals surface area contributed by atoms with Gasteiger partial charge >= 0.3 is 0 Å². The zero-order chi connectivity index (χ0) is 17.9. The Bertz CT molecular complexity index is 924. The van der Waals surface area contributed by atoms with Crippen LogP contribution in [0.15, 0.2) is 59.8 Å². The molecule has 0 radical (unpaired) electrons. The Morgan fingerprint density at radius 3 is 2.40 bits per heavy atom. The summed E-state index contributed by atoms with van der Waals surface area (Å²) >= 11 is 0. The van der Waals surface area contributed by atoms with Crippen molar-refractivity contribution in [3.63, 3.8) is 0 Å². The van der Waals surface area contributed by atoms with Crippen LogP contribution >= 0.6 is 0 Å². The van der Waals surface area contributed by atoms with Crippen LogP contribution in [-0.2, 0) is 5.41 Å². The highest BCUT2D eigenvalue weighted by Crippen LogP contribution is 2.22. The fraction of sp³-hybridized carbons (Fsp3) is 0.200. The molecule has 0 saturated carbocycles. The average Bonchev–Trinajstić information content (AvgIpc) is 2.61. The largest absolute Gasteiger partial charge is 0.271 e. The predicted molar refractivity (Wildman–Crippen MR) is 99.7 cm³/mol. The molecule has 1 amide bonds. The van der Waals surface area contributed by atoms with Crippen molar-refractivity contribution in [2.24, 2.45) is 5.10 Å². The van der Waals surface area contributed by atoms with E-state index in [1.54, 1.807) is 18.3 Å². The molecule has 0 atom stereocenters. The third kappa shape index (κ3) is 4.07. The third-order valence-corrected chi connectivity index (χ3v) is 3.84. The number of benzene rings is 2. The molecule has 0 saturated heterocycles. The monoisotopic (exact) mass is 332 g/mol. The first-order chi connectivity index (χ1) is 11.9. The molecule has 1 heterocycles. The molecule has 1 aromatic heterocycles. The Labute approximate surface area is 146 Å². The molecule has 0 fully saturated rings. The molecule has 0 aliphatic carbocycles. The summed E-state index contributed by atoms with van der Waals surface area (Å²) in [5.74, 6) is -0.259. The highest BCUT2D eigenvalue weighted by Gasteiger charge is 2.14. The van der Waals surface area contributed by atoms with E-state index in [1.165, 1.54) is 11.8 Å². The van der Waals surface area contributed by atoms with E-state index in [0.29, 0.717) is 11.3 Å². The minimum atomic E-state index is -0.259. The van der Waals surface area contributed by atoms with Crippen LogP contribution in [0.3, 0.4) is 0 Å². The van der Waals surface area contributed by atoms with Crippen LogP contribution in [0.2, 0.25) is 0 Å². The van der Waals surface area contributed by atoms with Gasteiger partial charge in [0, 0.05) is 5.56 Å². The standard InChI is InChI=1S/C20H20N4O/c1-20(2,3)15-10-8-14(9-11-15)19(25)24-22-13-16-12-21-17-6-4-5-7-18(17)23-16/h4-13H,1-3H3,(H,24,25)/b22-13-. The van der Waals surface area contributed by atoms with E-state index in [-0.39, 0.29) is 11.3 Å². The lowest BCUT2D eigenvalue weighted by atomic mass is 9.87. The summed E-state index contributed by atoms with van der Waals surface area (Å²) in [6, 6.07) is 15.1. The molecule has 0 aliphatic heterocycles. The van der Waals surface area contributed by atoms with Crippen molar-refractivity contribution < 1.29 is 4.79 Å². The number of amides is 1. The first-order valence-electron chi connectivity index (χ1n) is 8.09. The van der Waals surface area contributed by atoms with Crippen LogP contribution < -0.4 is 5.43 Å². The average molecular weight is 332 g/mol. The van der Waals surface area contributed by atoms with Gasteiger partial charge in [-0.1, -0.05) is 45.0 Å². The summed E-state index contributed by atoms with van der Waals surface area (Å²) in [4.78, 5) is 20.9. The molecule has 0 bridgehead atoms. The first-order valence-corrected chi connectivity index (χ1v) is 8.09. The van der Waals surface area contributed by atoms with Gasteiger partial charge < -0.3 is 0 Å². The molecule has 3 rings (SSSR count). The van der Waals surface area contributed by atoms with Crippen molar-refractivity contribution in [3.8, 4) is 0 Å². The van der Waals surface area contributed by atoms with E-state index in [0.717, 1.165) is 11.0 Å². The van der Waals surface area contributed by atoms with E-state index < -0.39 is 0 Å². The van der Waals surface area contributed by atoms with Crippen LogP contribution in [0.5, 0.6) is 0 Å². The Morgan fingerprint density at radius 1 is 1.04 bits per heavy atom. The van der Waals surface area contributed by atoms with Gasteiger partial charge in [0.05, 0.1) is 23.4 Å². The smallest absolute Gasteiger partial charge is 0.267 e. The number of nitrogens with one attached hydrogen (secondary N) is 1. The van der Waals surface area contributed by atoms with Gasteiger partial charge in [0.1, 0.15) is 5.69 Å². The van der Waals surface area contributed by atoms with Crippen LogP contribution in [0.25, 0.3) is 11.0 Å².